The molecule has 0 spiro atoms. The summed E-state index contributed by atoms with van der Waals surface area (Å²) < 4.78 is 4.27. The van der Waals surface area contributed by atoms with Crippen molar-refractivity contribution in [2.24, 2.45) is 7.05 Å². The zero-order valence-corrected chi connectivity index (χ0v) is 13.3. The molecule has 0 bridgehead atoms. The van der Waals surface area contributed by atoms with E-state index in [4.69, 9.17) is 16.6 Å². The summed E-state index contributed by atoms with van der Waals surface area (Å²) in [5.41, 5.74) is 3.24. The van der Waals surface area contributed by atoms with Gasteiger partial charge in [0.1, 0.15) is 11.3 Å². The van der Waals surface area contributed by atoms with Crippen LogP contribution in [0.5, 0.6) is 0 Å². The Morgan fingerprint density at radius 1 is 1.26 bits per heavy atom. The minimum atomic E-state index is 0.0228. The number of imidazole rings is 1. The molecule has 0 aliphatic carbocycles. The van der Waals surface area contributed by atoms with E-state index in [0.717, 1.165) is 41.9 Å². The maximum Gasteiger partial charge on any atom is 0.159 e. The second-order valence-electron chi connectivity index (χ2n) is 5.56. The molecule has 106 valence electrons. The van der Waals surface area contributed by atoms with Gasteiger partial charge in [-0.1, -0.05) is 13.8 Å². The van der Waals surface area contributed by atoms with Gasteiger partial charge in [-0.3, -0.25) is 4.68 Å². The van der Waals surface area contributed by atoms with Gasteiger partial charge < -0.3 is 4.57 Å². The highest BCUT2D eigenvalue weighted by Gasteiger charge is 2.27. The number of alkyl halides is 1. The first-order chi connectivity index (χ1) is 8.96. The molecule has 0 aliphatic heterocycles. The van der Waals surface area contributed by atoms with Crippen LogP contribution < -0.4 is 0 Å². The molecule has 0 saturated heterocycles. The van der Waals surface area contributed by atoms with Crippen LogP contribution in [0, 0.1) is 0 Å². The quantitative estimate of drug-likeness (QED) is 0.789. The van der Waals surface area contributed by atoms with Crippen molar-refractivity contribution in [2.75, 3.05) is 5.88 Å². The zero-order valence-electron chi connectivity index (χ0n) is 12.5. The second-order valence-corrected chi connectivity index (χ2v) is 5.94. The summed E-state index contributed by atoms with van der Waals surface area (Å²) in [7, 11) is 2.00. The second kappa shape index (κ2) is 5.16. The summed E-state index contributed by atoms with van der Waals surface area (Å²) in [4.78, 5) is 4.80. The number of nitrogens with zero attached hydrogens (tertiary/aromatic N) is 4. The van der Waals surface area contributed by atoms with Crippen LogP contribution in [0.3, 0.4) is 0 Å². The van der Waals surface area contributed by atoms with Gasteiger partial charge in [0.15, 0.2) is 5.65 Å². The van der Waals surface area contributed by atoms with Gasteiger partial charge in [0, 0.05) is 24.9 Å². The van der Waals surface area contributed by atoms with E-state index in [1.807, 2.05) is 11.7 Å². The Bertz CT molecular complexity index is 580. The minimum Gasteiger partial charge on any atom is -0.307 e. The molecule has 4 nitrogen and oxygen atoms in total. The molecule has 0 unspecified atom stereocenters. The van der Waals surface area contributed by atoms with E-state index in [0.29, 0.717) is 5.88 Å². The van der Waals surface area contributed by atoms with Crippen molar-refractivity contribution >= 4 is 22.8 Å². The number of halogens is 1. The van der Waals surface area contributed by atoms with Gasteiger partial charge in [0.05, 0.1) is 5.69 Å². The molecule has 0 saturated carbocycles. The summed E-state index contributed by atoms with van der Waals surface area (Å²) in [5, 5.41) is 4.58. The molecule has 5 heteroatoms. The average molecular weight is 283 g/mol. The predicted molar refractivity (Wildman–Crippen MR) is 79.9 cm³/mol. The van der Waals surface area contributed by atoms with Gasteiger partial charge in [-0.2, -0.15) is 5.10 Å². The van der Waals surface area contributed by atoms with Crippen LogP contribution in [0.25, 0.3) is 11.2 Å². The first-order valence-corrected chi connectivity index (χ1v) is 7.49. The van der Waals surface area contributed by atoms with Crippen molar-refractivity contribution in [1.82, 2.24) is 19.3 Å². The predicted octanol–water partition coefficient (Wildman–Crippen LogP) is 3.26. The topological polar surface area (TPSA) is 35.6 Å². The van der Waals surface area contributed by atoms with Crippen LogP contribution in [0.2, 0.25) is 0 Å². The Morgan fingerprint density at radius 3 is 2.47 bits per heavy atom. The van der Waals surface area contributed by atoms with Crippen LogP contribution in [0.4, 0.5) is 0 Å². The average Bonchev–Trinajstić information content (AvgIpc) is 2.88. The van der Waals surface area contributed by atoms with E-state index in [2.05, 4.69) is 37.4 Å². The van der Waals surface area contributed by atoms with Gasteiger partial charge in [-0.25, -0.2) is 4.98 Å². The molecule has 2 rings (SSSR count). The Balaban J connectivity index is 2.76. The Labute approximate surface area is 119 Å². The van der Waals surface area contributed by atoms with E-state index in [-0.39, 0.29) is 5.54 Å². The number of fused-ring (bicyclic) bond motifs is 1. The maximum atomic E-state index is 5.93. The molecule has 2 aromatic heterocycles. The summed E-state index contributed by atoms with van der Waals surface area (Å²) >= 11 is 5.93. The number of hydrogen-bond donors (Lipinski definition) is 0. The smallest absolute Gasteiger partial charge is 0.159 e. The van der Waals surface area contributed by atoms with Crippen LogP contribution in [0.1, 0.15) is 45.6 Å². The van der Waals surface area contributed by atoms with Crippen molar-refractivity contribution in [2.45, 2.75) is 52.5 Å². The first-order valence-electron chi connectivity index (χ1n) is 6.95. The zero-order chi connectivity index (χ0) is 14.2. The lowest BCUT2D eigenvalue weighted by molar-refractivity contribution is 0.337. The van der Waals surface area contributed by atoms with Gasteiger partial charge in [-0.15, -0.1) is 11.6 Å². The molecule has 0 radical (unpaired) electrons. The third-order valence-corrected chi connectivity index (χ3v) is 4.09. The number of aryl methyl sites for hydroxylation is 3. The molecule has 19 heavy (non-hydrogen) atoms. The Morgan fingerprint density at radius 2 is 1.95 bits per heavy atom. The third kappa shape index (κ3) is 2.27. The lowest BCUT2D eigenvalue weighted by atomic mass is 10.0. The fraction of sp³-hybridized carbons (Fsp3) is 0.714. The van der Waals surface area contributed by atoms with Gasteiger partial charge >= 0.3 is 0 Å². The Hall–Kier alpha value is -1.03. The highest BCUT2D eigenvalue weighted by molar-refractivity contribution is 6.17. The lowest BCUT2D eigenvalue weighted by Gasteiger charge is -2.27. The third-order valence-electron chi connectivity index (χ3n) is 3.90. The maximum absolute atomic E-state index is 5.93. The van der Waals surface area contributed by atoms with Crippen LogP contribution in [-0.2, 0) is 25.4 Å². The Kier molecular flexibility index (Phi) is 3.90. The molecule has 2 aromatic rings. The molecule has 0 fully saturated rings. The van der Waals surface area contributed by atoms with E-state index < -0.39 is 0 Å². The van der Waals surface area contributed by atoms with Crippen molar-refractivity contribution in [3.63, 3.8) is 0 Å². The highest BCUT2D eigenvalue weighted by Crippen LogP contribution is 2.29. The van der Waals surface area contributed by atoms with E-state index in [9.17, 15) is 0 Å². The molecule has 0 aromatic carbocycles. The van der Waals surface area contributed by atoms with Crippen LogP contribution in [0.15, 0.2) is 0 Å². The number of aromatic nitrogens is 4. The monoisotopic (exact) mass is 282 g/mol. The van der Waals surface area contributed by atoms with E-state index in [1.54, 1.807) is 0 Å². The van der Waals surface area contributed by atoms with Gasteiger partial charge in [0.2, 0.25) is 0 Å². The van der Waals surface area contributed by atoms with Crippen LogP contribution >= 0.6 is 11.6 Å². The molecule has 0 N–H and O–H groups in total. The summed E-state index contributed by atoms with van der Waals surface area (Å²) in [5.74, 6) is 1.66. The summed E-state index contributed by atoms with van der Waals surface area (Å²) in [6.07, 6.45) is 2.74. The van der Waals surface area contributed by atoms with Crippen molar-refractivity contribution in [3.05, 3.63) is 11.5 Å². The minimum absolute atomic E-state index is 0.0228. The lowest BCUT2D eigenvalue weighted by Crippen LogP contribution is -2.28. The van der Waals surface area contributed by atoms with Gasteiger partial charge in [0.25, 0.3) is 0 Å². The summed E-state index contributed by atoms with van der Waals surface area (Å²) in [6.45, 7) is 8.80. The first kappa shape index (κ1) is 14.4. The molecular formula is C14H23ClN4. The van der Waals surface area contributed by atoms with E-state index >= 15 is 0 Å². The number of hydrogen-bond acceptors (Lipinski definition) is 2. The molecule has 0 atom stereocenters. The molecule has 2 heterocycles. The molecule has 0 aliphatic rings. The van der Waals surface area contributed by atoms with E-state index in [1.165, 1.54) is 0 Å². The SMILES string of the molecule is CCc1nn(C)c2c1nc(CCCl)n2C(C)(C)CC. The normalized spacial score (nSPS) is 12.5. The molecular weight excluding hydrogens is 260 g/mol. The summed E-state index contributed by atoms with van der Waals surface area (Å²) in [6, 6.07) is 0. The van der Waals surface area contributed by atoms with Crippen molar-refractivity contribution in [3.8, 4) is 0 Å². The van der Waals surface area contributed by atoms with Gasteiger partial charge in [-0.05, 0) is 26.7 Å². The van der Waals surface area contributed by atoms with Crippen LogP contribution in [-0.4, -0.2) is 25.2 Å². The standard InChI is InChI=1S/C14H23ClN4/c1-6-10-12-13(18(5)17-10)19(14(3,4)7-2)11(16-12)8-9-15/h6-9H2,1-5H3. The highest BCUT2D eigenvalue weighted by atomic mass is 35.5. The molecule has 0 amide bonds. The van der Waals surface area contributed by atoms with Crippen molar-refractivity contribution < 1.29 is 0 Å². The fourth-order valence-corrected chi connectivity index (χ4v) is 2.68. The fourth-order valence-electron chi connectivity index (χ4n) is 2.51. The number of rotatable bonds is 5. The van der Waals surface area contributed by atoms with Crippen molar-refractivity contribution in [1.29, 1.82) is 0 Å². The largest absolute Gasteiger partial charge is 0.307 e.